The quantitative estimate of drug-likeness (QED) is 0.667. The van der Waals surface area contributed by atoms with Gasteiger partial charge >= 0.3 is 5.97 Å². The normalized spacial score (nSPS) is 34.5. The van der Waals surface area contributed by atoms with Crippen molar-refractivity contribution in [2.24, 2.45) is 0 Å². The SMILES string of the molecule is O=C(O)C1(NC2CC2)CCCOC1. The van der Waals surface area contributed by atoms with Crippen LogP contribution in [0.5, 0.6) is 0 Å². The van der Waals surface area contributed by atoms with E-state index in [1.54, 1.807) is 0 Å². The molecular weight excluding hydrogens is 170 g/mol. The molecule has 4 nitrogen and oxygen atoms in total. The van der Waals surface area contributed by atoms with Gasteiger partial charge in [0.15, 0.2) is 0 Å². The Hall–Kier alpha value is -0.610. The van der Waals surface area contributed by atoms with E-state index in [1.165, 1.54) is 0 Å². The van der Waals surface area contributed by atoms with Gasteiger partial charge in [-0.05, 0) is 25.7 Å². The lowest BCUT2D eigenvalue weighted by molar-refractivity contribution is -0.151. The molecule has 1 saturated carbocycles. The molecule has 0 aromatic rings. The number of carboxylic acid groups (broad SMARTS) is 1. The van der Waals surface area contributed by atoms with Gasteiger partial charge in [0, 0.05) is 12.6 Å². The van der Waals surface area contributed by atoms with Gasteiger partial charge in [-0.25, -0.2) is 0 Å². The lowest BCUT2D eigenvalue weighted by atomic mass is 9.92. The summed E-state index contributed by atoms with van der Waals surface area (Å²) < 4.78 is 5.23. The van der Waals surface area contributed by atoms with Crippen LogP contribution in [-0.4, -0.2) is 35.9 Å². The first kappa shape index (κ1) is 8.97. The maximum absolute atomic E-state index is 11.1. The molecule has 0 aromatic carbocycles. The van der Waals surface area contributed by atoms with Crippen molar-refractivity contribution in [2.75, 3.05) is 13.2 Å². The molecular formula is C9H15NO3. The van der Waals surface area contributed by atoms with Gasteiger partial charge in [0.2, 0.25) is 0 Å². The average molecular weight is 185 g/mol. The summed E-state index contributed by atoms with van der Waals surface area (Å²) in [5, 5.41) is 12.3. The van der Waals surface area contributed by atoms with Crippen LogP contribution in [0.15, 0.2) is 0 Å². The summed E-state index contributed by atoms with van der Waals surface area (Å²) >= 11 is 0. The molecule has 0 bridgehead atoms. The van der Waals surface area contributed by atoms with Crippen molar-refractivity contribution in [2.45, 2.75) is 37.3 Å². The number of hydrogen-bond acceptors (Lipinski definition) is 3. The van der Waals surface area contributed by atoms with Crippen LogP contribution in [0.4, 0.5) is 0 Å². The molecule has 2 aliphatic rings. The first-order chi connectivity index (χ1) is 6.23. The lowest BCUT2D eigenvalue weighted by Gasteiger charge is -2.34. The largest absolute Gasteiger partial charge is 0.480 e. The molecule has 2 N–H and O–H groups in total. The third-order valence-electron chi connectivity index (χ3n) is 2.71. The molecule has 1 heterocycles. The summed E-state index contributed by atoms with van der Waals surface area (Å²) in [6, 6.07) is 0.415. The highest BCUT2D eigenvalue weighted by Gasteiger charge is 2.44. The third-order valence-corrected chi connectivity index (χ3v) is 2.71. The highest BCUT2D eigenvalue weighted by molar-refractivity contribution is 5.79. The monoisotopic (exact) mass is 185 g/mol. The van der Waals surface area contributed by atoms with E-state index >= 15 is 0 Å². The number of carbonyl (C=O) groups is 1. The van der Waals surface area contributed by atoms with Gasteiger partial charge in [-0.3, -0.25) is 10.1 Å². The first-order valence-electron chi connectivity index (χ1n) is 4.82. The summed E-state index contributed by atoms with van der Waals surface area (Å²) in [5.74, 6) is -0.765. The van der Waals surface area contributed by atoms with Crippen LogP contribution in [0.1, 0.15) is 25.7 Å². The van der Waals surface area contributed by atoms with E-state index < -0.39 is 11.5 Å². The molecule has 2 rings (SSSR count). The predicted octanol–water partition coefficient (Wildman–Crippen LogP) is 0.372. The van der Waals surface area contributed by atoms with Crippen molar-refractivity contribution < 1.29 is 14.6 Å². The molecule has 74 valence electrons. The van der Waals surface area contributed by atoms with E-state index in [2.05, 4.69) is 5.32 Å². The predicted molar refractivity (Wildman–Crippen MR) is 46.6 cm³/mol. The Morgan fingerprint density at radius 1 is 1.54 bits per heavy atom. The van der Waals surface area contributed by atoms with Gasteiger partial charge in [0.25, 0.3) is 0 Å². The van der Waals surface area contributed by atoms with E-state index in [-0.39, 0.29) is 0 Å². The maximum atomic E-state index is 11.1. The Morgan fingerprint density at radius 3 is 2.77 bits per heavy atom. The average Bonchev–Trinajstić information content (AvgIpc) is 2.90. The second kappa shape index (κ2) is 3.27. The number of ether oxygens (including phenoxy) is 1. The minimum Gasteiger partial charge on any atom is -0.480 e. The Kier molecular flexibility index (Phi) is 2.26. The van der Waals surface area contributed by atoms with Crippen LogP contribution in [0, 0.1) is 0 Å². The highest BCUT2D eigenvalue weighted by atomic mass is 16.5. The summed E-state index contributed by atoms with van der Waals surface area (Å²) in [5.41, 5.74) is -0.792. The number of rotatable bonds is 3. The third kappa shape index (κ3) is 1.84. The van der Waals surface area contributed by atoms with Crippen LogP contribution in [0.25, 0.3) is 0 Å². The summed E-state index contributed by atoms with van der Waals surface area (Å²) in [4.78, 5) is 11.1. The molecule has 1 saturated heterocycles. The highest BCUT2D eigenvalue weighted by Crippen LogP contribution is 2.27. The first-order valence-corrected chi connectivity index (χ1v) is 4.82. The Morgan fingerprint density at radius 2 is 2.31 bits per heavy atom. The number of hydrogen-bond donors (Lipinski definition) is 2. The zero-order chi connectivity index (χ0) is 9.31. The number of nitrogens with one attached hydrogen (secondary N) is 1. The van der Waals surface area contributed by atoms with Crippen molar-refractivity contribution in [3.05, 3.63) is 0 Å². The van der Waals surface area contributed by atoms with Crippen LogP contribution in [0.2, 0.25) is 0 Å². The summed E-state index contributed by atoms with van der Waals surface area (Å²) in [6.07, 6.45) is 3.74. The van der Waals surface area contributed by atoms with Crippen LogP contribution in [0.3, 0.4) is 0 Å². The van der Waals surface area contributed by atoms with E-state index in [9.17, 15) is 4.79 Å². The Balaban J connectivity index is 2.02. The van der Waals surface area contributed by atoms with Crippen LogP contribution in [-0.2, 0) is 9.53 Å². The minimum absolute atomic E-state index is 0.318. The molecule has 0 amide bonds. The van der Waals surface area contributed by atoms with Gasteiger partial charge in [0.05, 0.1) is 6.61 Å². The van der Waals surface area contributed by atoms with E-state index in [1.807, 2.05) is 0 Å². The fourth-order valence-corrected chi connectivity index (χ4v) is 1.76. The molecule has 1 aliphatic heterocycles. The fourth-order valence-electron chi connectivity index (χ4n) is 1.76. The van der Waals surface area contributed by atoms with Gasteiger partial charge in [-0.15, -0.1) is 0 Å². The standard InChI is InChI=1S/C9H15NO3/c11-8(12)9(10-7-2-3-7)4-1-5-13-6-9/h7,10H,1-6H2,(H,11,12). The molecule has 1 atom stereocenters. The van der Waals surface area contributed by atoms with Crippen LogP contribution < -0.4 is 5.32 Å². The second-order valence-corrected chi connectivity index (χ2v) is 3.96. The molecule has 1 aliphatic carbocycles. The number of aliphatic carboxylic acids is 1. The minimum atomic E-state index is -0.792. The summed E-state index contributed by atoms with van der Waals surface area (Å²) in [6.45, 7) is 1.01. The molecule has 13 heavy (non-hydrogen) atoms. The van der Waals surface area contributed by atoms with E-state index in [0.29, 0.717) is 25.7 Å². The van der Waals surface area contributed by atoms with Crippen molar-refractivity contribution in [3.8, 4) is 0 Å². The lowest BCUT2D eigenvalue weighted by Crippen LogP contribution is -2.58. The Bertz CT molecular complexity index is 207. The molecule has 2 fully saturated rings. The molecule has 1 unspecified atom stereocenters. The van der Waals surface area contributed by atoms with Crippen molar-refractivity contribution in [1.82, 2.24) is 5.32 Å². The zero-order valence-electron chi connectivity index (χ0n) is 7.58. The van der Waals surface area contributed by atoms with Gasteiger partial charge in [-0.1, -0.05) is 0 Å². The Labute approximate surface area is 77.3 Å². The molecule has 4 heteroatoms. The van der Waals surface area contributed by atoms with Crippen molar-refractivity contribution >= 4 is 5.97 Å². The van der Waals surface area contributed by atoms with Crippen LogP contribution >= 0.6 is 0 Å². The van der Waals surface area contributed by atoms with Gasteiger partial charge in [0.1, 0.15) is 5.54 Å². The van der Waals surface area contributed by atoms with Gasteiger partial charge in [-0.2, -0.15) is 0 Å². The van der Waals surface area contributed by atoms with Crippen molar-refractivity contribution in [3.63, 3.8) is 0 Å². The van der Waals surface area contributed by atoms with E-state index in [0.717, 1.165) is 19.3 Å². The van der Waals surface area contributed by atoms with E-state index in [4.69, 9.17) is 9.84 Å². The van der Waals surface area contributed by atoms with Crippen molar-refractivity contribution in [1.29, 1.82) is 0 Å². The fraction of sp³-hybridized carbons (Fsp3) is 0.889. The second-order valence-electron chi connectivity index (χ2n) is 3.96. The smallest absolute Gasteiger partial charge is 0.326 e. The number of carboxylic acids is 1. The topological polar surface area (TPSA) is 58.6 Å². The molecule has 0 radical (unpaired) electrons. The summed E-state index contributed by atoms with van der Waals surface area (Å²) in [7, 11) is 0. The molecule has 0 spiro atoms. The maximum Gasteiger partial charge on any atom is 0.326 e. The zero-order valence-corrected chi connectivity index (χ0v) is 7.58. The van der Waals surface area contributed by atoms with Gasteiger partial charge < -0.3 is 9.84 Å². The molecule has 0 aromatic heterocycles.